The van der Waals surface area contributed by atoms with Gasteiger partial charge in [0, 0.05) is 67.3 Å². The van der Waals surface area contributed by atoms with Gasteiger partial charge in [-0.05, 0) is 23.8 Å². The van der Waals surface area contributed by atoms with E-state index in [1.165, 1.54) is 0 Å². The summed E-state index contributed by atoms with van der Waals surface area (Å²) < 4.78 is 1.55. The SMILES string of the molecule is O=C(O)Cn1cc([C@@H](C(=O)O)N2CCN(Cc3cccnc3)CC2)c2ccc(Cl)cc21. The van der Waals surface area contributed by atoms with Crippen LogP contribution in [0.15, 0.2) is 48.9 Å². The van der Waals surface area contributed by atoms with Gasteiger partial charge in [-0.15, -0.1) is 0 Å². The highest BCUT2D eigenvalue weighted by Crippen LogP contribution is 2.33. The fourth-order valence-corrected chi connectivity index (χ4v) is 4.37. The highest BCUT2D eigenvalue weighted by atomic mass is 35.5. The number of hydrogen-bond acceptors (Lipinski definition) is 5. The molecule has 1 aromatic carbocycles. The molecule has 0 saturated carbocycles. The van der Waals surface area contributed by atoms with E-state index in [0.29, 0.717) is 34.6 Å². The summed E-state index contributed by atoms with van der Waals surface area (Å²) >= 11 is 6.11. The van der Waals surface area contributed by atoms with Crippen LogP contribution in [0.2, 0.25) is 5.02 Å². The summed E-state index contributed by atoms with van der Waals surface area (Å²) in [5.74, 6) is -1.95. The summed E-state index contributed by atoms with van der Waals surface area (Å²) in [5, 5.41) is 20.5. The van der Waals surface area contributed by atoms with Crippen molar-refractivity contribution in [3.05, 3.63) is 65.1 Å². The highest BCUT2D eigenvalue weighted by molar-refractivity contribution is 6.31. The minimum atomic E-state index is -1.00. The van der Waals surface area contributed by atoms with Crippen molar-refractivity contribution in [2.24, 2.45) is 0 Å². The average molecular weight is 443 g/mol. The molecule has 3 aromatic rings. The zero-order valence-corrected chi connectivity index (χ0v) is 17.6. The maximum absolute atomic E-state index is 12.3. The lowest BCUT2D eigenvalue weighted by Gasteiger charge is -2.37. The van der Waals surface area contributed by atoms with Gasteiger partial charge in [-0.2, -0.15) is 0 Å². The Hall–Kier alpha value is -2.94. The van der Waals surface area contributed by atoms with Crippen molar-refractivity contribution in [2.75, 3.05) is 26.2 Å². The number of carboxylic acid groups (broad SMARTS) is 2. The number of pyridine rings is 1. The Bertz CT molecular complexity index is 1090. The van der Waals surface area contributed by atoms with Gasteiger partial charge in [-0.3, -0.25) is 24.4 Å². The van der Waals surface area contributed by atoms with Gasteiger partial charge in [0.25, 0.3) is 0 Å². The summed E-state index contributed by atoms with van der Waals surface area (Å²) in [7, 11) is 0. The topological polar surface area (TPSA) is 98.9 Å². The molecule has 1 aliphatic heterocycles. The molecule has 1 fully saturated rings. The van der Waals surface area contributed by atoms with Crippen molar-refractivity contribution in [1.82, 2.24) is 19.4 Å². The number of rotatable bonds is 7. The maximum atomic E-state index is 12.3. The van der Waals surface area contributed by atoms with Gasteiger partial charge in [0.05, 0.1) is 5.52 Å². The first-order valence-corrected chi connectivity index (χ1v) is 10.4. The maximum Gasteiger partial charge on any atom is 0.325 e. The Labute approximate surface area is 184 Å². The van der Waals surface area contributed by atoms with Crippen molar-refractivity contribution < 1.29 is 19.8 Å². The van der Waals surface area contributed by atoms with Gasteiger partial charge in [0.15, 0.2) is 0 Å². The number of piperazine rings is 1. The summed E-state index contributed by atoms with van der Waals surface area (Å²) in [6.07, 6.45) is 5.22. The molecule has 162 valence electrons. The molecular formula is C22H23ClN4O4. The molecule has 31 heavy (non-hydrogen) atoms. The molecule has 0 unspecified atom stereocenters. The van der Waals surface area contributed by atoms with Crippen molar-refractivity contribution in [3.63, 3.8) is 0 Å². The number of benzene rings is 1. The monoisotopic (exact) mass is 442 g/mol. The molecule has 0 amide bonds. The smallest absolute Gasteiger partial charge is 0.325 e. The van der Waals surface area contributed by atoms with E-state index in [0.717, 1.165) is 25.2 Å². The first-order chi connectivity index (χ1) is 14.9. The molecule has 0 radical (unpaired) electrons. The Balaban J connectivity index is 1.58. The average Bonchev–Trinajstić information content (AvgIpc) is 3.06. The Kier molecular flexibility index (Phi) is 6.22. The molecule has 1 atom stereocenters. The van der Waals surface area contributed by atoms with Crippen molar-refractivity contribution >= 4 is 34.4 Å². The predicted molar refractivity (Wildman–Crippen MR) is 116 cm³/mol. The molecule has 1 aliphatic rings. The van der Waals surface area contributed by atoms with E-state index in [9.17, 15) is 19.8 Å². The summed E-state index contributed by atoms with van der Waals surface area (Å²) in [6.45, 7) is 3.17. The molecule has 4 rings (SSSR count). The van der Waals surface area contributed by atoms with Gasteiger partial charge in [-0.25, -0.2) is 0 Å². The minimum Gasteiger partial charge on any atom is -0.480 e. The Morgan fingerprint density at radius 2 is 1.90 bits per heavy atom. The third-order valence-electron chi connectivity index (χ3n) is 5.61. The first kappa shape index (κ1) is 21.3. The zero-order chi connectivity index (χ0) is 22.0. The van der Waals surface area contributed by atoms with Crippen LogP contribution in [0, 0.1) is 0 Å². The van der Waals surface area contributed by atoms with Crippen LogP contribution in [-0.4, -0.2) is 67.7 Å². The van der Waals surface area contributed by atoms with Crippen LogP contribution < -0.4 is 0 Å². The van der Waals surface area contributed by atoms with Crippen LogP contribution in [0.5, 0.6) is 0 Å². The fraction of sp³-hybridized carbons (Fsp3) is 0.318. The number of aromatic nitrogens is 2. The molecule has 2 aromatic heterocycles. The summed E-state index contributed by atoms with van der Waals surface area (Å²) in [6, 6.07) is 8.21. The lowest BCUT2D eigenvalue weighted by Crippen LogP contribution is -2.48. The van der Waals surface area contributed by atoms with E-state index in [4.69, 9.17) is 11.6 Å². The molecule has 2 N–H and O–H groups in total. The fourth-order valence-electron chi connectivity index (χ4n) is 4.20. The second kappa shape index (κ2) is 9.05. The lowest BCUT2D eigenvalue weighted by molar-refractivity contribution is -0.144. The van der Waals surface area contributed by atoms with E-state index in [-0.39, 0.29) is 6.54 Å². The normalized spacial score (nSPS) is 16.4. The van der Waals surface area contributed by atoms with Crippen LogP contribution in [-0.2, 0) is 22.7 Å². The van der Waals surface area contributed by atoms with Gasteiger partial charge in [-0.1, -0.05) is 23.7 Å². The van der Waals surface area contributed by atoms with E-state index >= 15 is 0 Å². The molecule has 3 heterocycles. The Morgan fingerprint density at radius 3 is 2.55 bits per heavy atom. The standard InChI is InChI=1S/C22H23ClN4O4/c23-16-3-4-17-18(13-27(14-20(28)29)19(17)10-16)21(22(30)31)26-8-6-25(7-9-26)12-15-2-1-5-24-11-15/h1-5,10-11,13,21H,6-9,12,14H2,(H,28,29)(H,30,31)/t21-/m0/s1. The third kappa shape index (κ3) is 4.71. The largest absolute Gasteiger partial charge is 0.480 e. The quantitative estimate of drug-likeness (QED) is 0.580. The van der Waals surface area contributed by atoms with Gasteiger partial charge >= 0.3 is 11.9 Å². The zero-order valence-electron chi connectivity index (χ0n) is 16.8. The molecule has 8 nitrogen and oxygen atoms in total. The molecular weight excluding hydrogens is 420 g/mol. The molecule has 0 bridgehead atoms. The number of carboxylic acids is 2. The van der Waals surface area contributed by atoms with Crippen LogP contribution >= 0.6 is 11.6 Å². The van der Waals surface area contributed by atoms with Crippen LogP contribution in [0.4, 0.5) is 0 Å². The first-order valence-electron chi connectivity index (χ1n) is 10.0. The number of halogens is 1. The minimum absolute atomic E-state index is 0.262. The number of hydrogen-bond donors (Lipinski definition) is 2. The van der Waals surface area contributed by atoms with Gasteiger partial charge in [0.2, 0.25) is 0 Å². The summed E-state index contributed by atoms with van der Waals surface area (Å²) in [5.41, 5.74) is 2.33. The van der Waals surface area contributed by atoms with Crippen molar-refractivity contribution in [2.45, 2.75) is 19.1 Å². The second-order valence-corrected chi connectivity index (χ2v) is 8.12. The van der Waals surface area contributed by atoms with Crippen LogP contribution in [0.1, 0.15) is 17.2 Å². The second-order valence-electron chi connectivity index (χ2n) is 7.68. The third-order valence-corrected chi connectivity index (χ3v) is 5.85. The molecule has 9 heteroatoms. The van der Waals surface area contributed by atoms with E-state index < -0.39 is 18.0 Å². The Morgan fingerprint density at radius 1 is 1.13 bits per heavy atom. The number of nitrogens with zero attached hydrogens (tertiary/aromatic N) is 4. The van der Waals surface area contributed by atoms with E-state index in [1.807, 2.05) is 23.2 Å². The number of aliphatic carboxylic acids is 2. The van der Waals surface area contributed by atoms with E-state index in [1.54, 1.807) is 35.2 Å². The van der Waals surface area contributed by atoms with Crippen molar-refractivity contribution in [3.8, 4) is 0 Å². The van der Waals surface area contributed by atoms with Crippen molar-refractivity contribution in [1.29, 1.82) is 0 Å². The van der Waals surface area contributed by atoms with Gasteiger partial charge < -0.3 is 14.8 Å². The summed E-state index contributed by atoms with van der Waals surface area (Å²) in [4.78, 5) is 32.0. The number of fused-ring (bicyclic) bond motifs is 1. The lowest BCUT2D eigenvalue weighted by atomic mass is 10.0. The number of carbonyl (C=O) groups is 2. The van der Waals surface area contributed by atoms with E-state index in [2.05, 4.69) is 9.88 Å². The molecule has 1 saturated heterocycles. The predicted octanol–water partition coefficient (Wildman–Crippen LogP) is 2.72. The molecule has 0 aliphatic carbocycles. The van der Waals surface area contributed by atoms with Crippen LogP contribution in [0.3, 0.4) is 0 Å². The highest BCUT2D eigenvalue weighted by Gasteiger charge is 2.33. The molecule has 0 spiro atoms. The van der Waals surface area contributed by atoms with Crippen LogP contribution in [0.25, 0.3) is 10.9 Å². The van der Waals surface area contributed by atoms with Gasteiger partial charge in [0.1, 0.15) is 12.6 Å².